The van der Waals surface area contributed by atoms with Gasteiger partial charge >= 0.3 is 0 Å². The number of sulfone groups is 1. The fraction of sp³-hybridized carbons (Fsp3) is 0.632. The molecule has 0 radical (unpaired) electrons. The molecule has 138 valence electrons. The van der Waals surface area contributed by atoms with Crippen molar-refractivity contribution in [2.24, 2.45) is 11.3 Å². The molecule has 0 aliphatic carbocycles. The molecule has 1 aromatic rings. The Kier molecular flexibility index (Phi) is 5.49. The second-order valence-electron chi connectivity index (χ2n) is 7.67. The van der Waals surface area contributed by atoms with E-state index in [4.69, 9.17) is 0 Å². The summed E-state index contributed by atoms with van der Waals surface area (Å²) in [6.45, 7) is 1.42. The molecule has 2 fully saturated rings. The Morgan fingerprint density at radius 2 is 1.88 bits per heavy atom. The van der Waals surface area contributed by atoms with Crippen molar-refractivity contribution in [1.82, 2.24) is 4.90 Å². The van der Waals surface area contributed by atoms with Gasteiger partial charge in [-0.1, -0.05) is 30.3 Å². The lowest BCUT2D eigenvalue weighted by Crippen LogP contribution is -2.46. The smallest absolute Gasteiger partial charge is 0.222 e. The molecule has 25 heavy (non-hydrogen) atoms. The Morgan fingerprint density at radius 3 is 2.44 bits per heavy atom. The molecular formula is C19H27NO4S. The Morgan fingerprint density at radius 1 is 1.20 bits per heavy atom. The second-order valence-corrected chi connectivity index (χ2v) is 9.90. The zero-order valence-electron chi connectivity index (χ0n) is 14.6. The van der Waals surface area contributed by atoms with Gasteiger partial charge in [-0.2, -0.15) is 0 Å². The van der Waals surface area contributed by atoms with Crippen LogP contribution in [0.5, 0.6) is 0 Å². The Bertz CT molecular complexity index is 693. The number of hydrogen-bond acceptors (Lipinski definition) is 4. The predicted octanol–water partition coefficient (Wildman–Crippen LogP) is 1.65. The van der Waals surface area contributed by atoms with Crippen LogP contribution < -0.4 is 0 Å². The fourth-order valence-electron chi connectivity index (χ4n) is 4.06. The highest BCUT2D eigenvalue weighted by Gasteiger charge is 2.37. The van der Waals surface area contributed by atoms with E-state index in [0.29, 0.717) is 25.9 Å². The average molecular weight is 365 g/mol. The van der Waals surface area contributed by atoms with Gasteiger partial charge in [-0.3, -0.25) is 4.79 Å². The van der Waals surface area contributed by atoms with E-state index in [1.807, 2.05) is 23.1 Å². The van der Waals surface area contributed by atoms with Crippen molar-refractivity contribution in [2.45, 2.75) is 32.1 Å². The summed E-state index contributed by atoms with van der Waals surface area (Å²) in [6, 6.07) is 10.2. The molecule has 6 heteroatoms. The largest absolute Gasteiger partial charge is 0.396 e. The first-order valence-corrected chi connectivity index (χ1v) is 10.9. The summed E-state index contributed by atoms with van der Waals surface area (Å²) >= 11 is 0. The predicted molar refractivity (Wildman–Crippen MR) is 96.9 cm³/mol. The van der Waals surface area contributed by atoms with Crippen LogP contribution in [0.25, 0.3) is 0 Å². The van der Waals surface area contributed by atoms with Crippen molar-refractivity contribution < 1.29 is 18.3 Å². The van der Waals surface area contributed by atoms with Gasteiger partial charge in [-0.25, -0.2) is 8.42 Å². The van der Waals surface area contributed by atoms with Gasteiger partial charge in [-0.05, 0) is 37.2 Å². The minimum atomic E-state index is -2.93. The molecule has 0 spiro atoms. The van der Waals surface area contributed by atoms with Crippen LogP contribution in [0.4, 0.5) is 0 Å². The summed E-state index contributed by atoms with van der Waals surface area (Å²) in [5.41, 5.74) is 1.06. The van der Waals surface area contributed by atoms with Crippen LogP contribution >= 0.6 is 0 Å². The van der Waals surface area contributed by atoms with Crippen LogP contribution in [0.3, 0.4) is 0 Å². The zero-order chi connectivity index (χ0) is 17.9. The van der Waals surface area contributed by atoms with Crippen molar-refractivity contribution in [1.29, 1.82) is 0 Å². The average Bonchev–Trinajstić information content (AvgIpc) is 2.95. The van der Waals surface area contributed by atoms with Crippen molar-refractivity contribution in [3.8, 4) is 0 Å². The number of rotatable bonds is 5. The number of amides is 1. The summed E-state index contributed by atoms with van der Waals surface area (Å²) in [5.74, 6) is 0.413. The molecular weight excluding hydrogens is 338 g/mol. The van der Waals surface area contributed by atoms with Gasteiger partial charge in [0.15, 0.2) is 9.84 Å². The minimum Gasteiger partial charge on any atom is -0.396 e. The number of carbonyl (C=O) groups excluding carboxylic acids is 1. The second kappa shape index (κ2) is 7.46. The van der Waals surface area contributed by atoms with Gasteiger partial charge in [-0.15, -0.1) is 0 Å². The maximum Gasteiger partial charge on any atom is 0.222 e. The van der Waals surface area contributed by atoms with Gasteiger partial charge < -0.3 is 10.0 Å². The molecule has 2 aliphatic rings. The molecule has 5 nitrogen and oxygen atoms in total. The number of likely N-dealkylation sites (tertiary alicyclic amines) is 1. The van der Waals surface area contributed by atoms with E-state index in [1.54, 1.807) is 0 Å². The first kappa shape index (κ1) is 18.4. The van der Waals surface area contributed by atoms with Gasteiger partial charge in [0.1, 0.15) is 0 Å². The van der Waals surface area contributed by atoms with Crippen LogP contribution in [0.2, 0.25) is 0 Å². The normalized spacial score (nSPS) is 25.0. The Hall–Kier alpha value is -1.40. The lowest BCUT2D eigenvalue weighted by atomic mass is 9.74. The van der Waals surface area contributed by atoms with E-state index < -0.39 is 9.84 Å². The number of carbonyl (C=O) groups is 1. The van der Waals surface area contributed by atoms with Gasteiger partial charge in [0.25, 0.3) is 0 Å². The highest BCUT2D eigenvalue weighted by molar-refractivity contribution is 7.91. The van der Waals surface area contributed by atoms with Crippen molar-refractivity contribution in [3.05, 3.63) is 35.9 Å². The molecule has 1 atom stereocenters. The first-order valence-electron chi connectivity index (χ1n) is 9.04. The lowest BCUT2D eigenvalue weighted by molar-refractivity contribution is -0.134. The third kappa shape index (κ3) is 4.61. The van der Waals surface area contributed by atoms with Gasteiger partial charge in [0, 0.05) is 31.5 Å². The van der Waals surface area contributed by atoms with Crippen LogP contribution in [0.1, 0.15) is 31.2 Å². The number of aliphatic hydroxyl groups excluding tert-OH is 1. The minimum absolute atomic E-state index is 0.0219. The summed E-state index contributed by atoms with van der Waals surface area (Å²) in [6.07, 6.45) is 3.34. The van der Waals surface area contributed by atoms with Crippen LogP contribution in [-0.2, 0) is 21.1 Å². The highest BCUT2D eigenvalue weighted by atomic mass is 32.2. The molecule has 2 saturated heterocycles. The molecule has 3 rings (SSSR count). The third-order valence-corrected chi connectivity index (χ3v) is 7.56. The van der Waals surface area contributed by atoms with Crippen molar-refractivity contribution in [3.63, 3.8) is 0 Å². The van der Waals surface area contributed by atoms with E-state index >= 15 is 0 Å². The molecule has 0 unspecified atom stereocenters. The maximum absolute atomic E-state index is 12.5. The van der Waals surface area contributed by atoms with Gasteiger partial charge in [0.05, 0.1) is 11.5 Å². The zero-order valence-corrected chi connectivity index (χ0v) is 15.4. The van der Waals surface area contributed by atoms with E-state index in [2.05, 4.69) is 12.1 Å². The summed E-state index contributed by atoms with van der Waals surface area (Å²) in [5, 5.41) is 9.95. The summed E-state index contributed by atoms with van der Waals surface area (Å²) in [4.78, 5) is 14.3. The van der Waals surface area contributed by atoms with Crippen LogP contribution in [-0.4, -0.2) is 55.5 Å². The van der Waals surface area contributed by atoms with E-state index in [-0.39, 0.29) is 35.4 Å². The fourth-order valence-corrected chi connectivity index (χ4v) is 5.92. The number of benzene rings is 1. The number of piperidine rings is 1. The van der Waals surface area contributed by atoms with Gasteiger partial charge in [0.2, 0.25) is 5.91 Å². The third-order valence-electron chi connectivity index (χ3n) is 5.72. The molecule has 1 amide bonds. The number of aliphatic hydroxyl groups is 1. The van der Waals surface area contributed by atoms with E-state index in [1.165, 1.54) is 5.56 Å². The maximum atomic E-state index is 12.5. The number of nitrogens with zero attached hydrogens (tertiary/aromatic N) is 1. The molecule has 1 N–H and O–H groups in total. The molecule has 2 aliphatic heterocycles. The molecule has 2 heterocycles. The monoisotopic (exact) mass is 365 g/mol. The van der Waals surface area contributed by atoms with Crippen molar-refractivity contribution in [2.75, 3.05) is 31.2 Å². The molecule has 0 aromatic heterocycles. The first-order chi connectivity index (χ1) is 11.9. The standard InChI is InChI=1S/C19H27NO4S/c21-15-19(13-16-4-2-1-3-5-16)7-9-20(10-8-19)18(22)12-17-6-11-25(23,24)14-17/h1-5,17,21H,6-15H2/t17-/m1/s1. The molecule has 0 bridgehead atoms. The topological polar surface area (TPSA) is 74.7 Å². The number of hydrogen-bond donors (Lipinski definition) is 1. The SMILES string of the molecule is O=C(C[C@H]1CCS(=O)(=O)C1)N1CCC(CO)(Cc2ccccc2)CC1. The lowest BCUT2D eigenvalue weighted by Gasteiger charge is -2.41. The van der Waals surface area contributed by atoms with E-state index in [0.717, 1.165) is 19.3 Å². The Balaban J connectivity index is 1.54. The van der Waals surface area contributed by atoms with Crippen LogP contribution in [0, 0.1) is 11.3 Å². The van der Waals surface area contributed by atoms with Crippen LogP contribution in [0.15, 0.2) is 30.3 Å². The summed E-state index contributed by atoms with van der Waals surface area (Å²) in [7, 11) is -2.93. The quantitative estimate of drug-likeness (QED) is 0.861. The molecule has 0 saturated carbocycles. The Labute approximate surface area is 150 Å². The highest BCUT2D eigenvalue weighted by Crippen LogP contribution is 2.35. The van der Waals surface area contributed by atoms with Crippen molar-refractivity contribution >= 4 is 15.7 Å². The molecule has 1 aromatic carbocycles. The summed E-state index contributed by atoms with van der Waals surface area (Å²) < 4.78 is 23.1. The van der Waals surface area contributed by atoms with E-state index in [9.17, 15) is 18.3 Å².